The maximum Gasteiger partial charge on any atom is 0.316 e. The molecule has 2 radical (unpaired) electrons. The van der Waals surface area contributed by atoms with Crippen molar-refractivity contribution in [3.8, 4) is 0 Å². The summed E-state index contributed by atoms with van der Waals surface area (Å²) < 4.78 is 0. The standard InChI is InChI=1S/C7H8N2O.S/c8-7(10)9-6-4-2-1-3-5-6;/h1-5H,(H3,8,9,10);. The molecule has 0 spiro atoms. The van der Waals surface area contributed by atoms with Crippen LogP contribution < -0.4 is 11.1 Å². The fourth-order valence-corrected chi connectivity index (χ4v) is 0.664. The van der Waals surface area contributed by atoms with Gasteiger partial charge in [-0.2, -0.15) is 0 Å². The van der Waals surface area contributed by atoms with Crippen LogP contribution in [0.3, 0.4) is 0 Å². The van der Waals surface area contributed by atoms with Gasteiger partial charge >= 0.3 is 6.03 Å². The predicted molar refractivity (Wildman–Crippen MR) is 47.2 cm³/mol. The first-order valence-corrected chi connectivity index (χ1v) is 2.90. The van der Waals surface area contributed by atoms with Gasteiger partial charge in [0.1, 0.15) is 0 Å². The van der Waals surface area contributed by atoms with Gasteiger partial charge in [-0.05, 0) is 12.1 Å². The van der Waals surface area contributed by atoms with Crippen molar-refractivity contribution in [2.24, 2.45) is 5.73 Å². The molecule has 0 bridgehead atoms. The number of rotatable bonds is 1. The summed E-state index contributed by atoms with van der Waals surface area (Å²) in [5, 5.41) is 2.44. The lowest BCUT2D eigenvalue weighted by Crippen LogP contribution is -2.18. The van der Waals surface area contributed by atoms with Gasteiger partial charge in [0.25, 0.3) is 0 Å². The molecule has 1 aromatic carbocycles. The van der Waals surface area contributed by atoms with Crippen molar-refractivity contribution in [1.29, 1.82) is 0 Å². The predicted octanol–water partition coefficient (Wildman–Crippen LogP) is 1.83. The molecule has 0 aliphatic heterocycles. The van der Waals surface area contributed by atoms with Gasteiger partial charge in [-0.1, -0.05) is 18.2 Å². The quantitative estimate of drug-likeness (QED) is 0.660. The minimum Gasteiger partial charge on any atom is -0.351 e. The monoisotopic (exact) mass is 168 g/mol. The van der Waals surface area contributed by atoms with Gasteiger partial charge in [-0.3, -0.25) is 0 Å². The molecule has 0 heterocycles. The fraction of sp³-hybridized carbons (Fsp3) is 0. The Balaban J connectivity index is 0.000001000. The number of primary amides is 1. The number of urea groups is 1. The molecule has 3 N–H and O–H groups in total. The number of nitrogens with one attached hydrogen (secondary N) is 1. The van der Waals surface area contributed by atoms with Crippen LogP contribution in [0.25, 0.3) is 0 Å². The van der Waals surface area contributed by atoms with E-state index >= 15 is 0 Å². The van der Waals surface area contributed by atoms with E-state index in [2.05, 4.69) is 5.32 Å². The van der Waals surface area contributed by atoms with E-state index in [1.54, 1.807) is 12.1 Å². The van der Waals surface area contributed by atoms with Crippen LogP contribution in [-0.4, -0.2) is 6.03 Å². The molecule has 11 heavy (non-hydrogen) atoms. The van der Waals surface area contributed by atoms with Crippen molar-refractivity contribution in [3.63, 3.8) is 0 Å². The second-order valence-electron chi connectivity index (χ2n) is 1.86. The van der Waals surface area contributed by atoms with Crippen molar-refractivity contribution in [1.82, 2.24) is 0 Å². The van der Waals surface area contributed by atoms with Gasteiger partial charge in [-0.25, -0.2) is 4.79 Å². The van der Waals surface area contributed by atoms with Crippen LogP contribution in [-0.2, 0) is 0 Å². The third-order valence-electron chi connectivity index (χ3n) is 1.04. The Morgan fingerprint density at radius 2 is 1.82 bits per heavy atom. The third kappa shape index (κ3) is 3.52. The molecule has 0 saturated carbocycles. The Bertz CT molecular complexity index is 225. The average molecular weight is 168 g/mol. The van der Waals surface area contributed by atoms with Gasteiger partial charge in [0, 0.05) is 19.2 Å². The minimum atomic E-state index is -0.536. The van der Waals surface area contributed by atoms with Gasteiger partial charge in [0.05, 0.1) is 0 Å². The van der Waals surface area contributed by atoms with Crippen molar-refractivity contribution in [3.05, 3.63) is 30.3 Å². The molecule has 58 valence electrons. The second kappa shape index (κ2) is 4.62. The number of para-hydroxylation sites is 1. The summed E-state index contributed by atoms with van der Waals surface area (Å²) in [6.45, 7) is 0. The van der Waals surface area contributed by atoms with Crippen LogP contribution in [0.15, 0.2) is 30.3 Å². The summed E-state index contributed by atoms with van der Waals surface area (Å²) in [6, 6.07) is 8.52. The minimum absolute atomic E-state index is 0. The summed E-state index contributed by atoms with van der Waals surface area (Å²) in [7, 11) is 0. The SMILES string of the molecule is NC(=O)Nc1ccccc1.[S]. The zero-order valence-electron chi connectivity index (χ0n) is 5.78. The van der Waals surface area contributed by atoms with Crippen LogP contribution in [0.1, 0.15) is 0 Å². The first-order valence-electron chi connectivity index (χ1n) is 2.90. The zero-order valence-corrected chi connectivity index (χ0v) is 6.60. The molecule has 1 aromatic rings. The number of benzene rings is 1. The third-order valence-corrected chi connectivity index (χ3v) is 1.04. The van der Waals surface area contributed by atoms with E-state index in [9.17, 15) is 4.79 Å². The normalized spacial score (nSPS) is 8.00. The molecule has 0 unspecified atom stereocenters. The first kappa shape index (κ1) is 9.84. The summed E-state index contributed by atoms with van der Waals surface area (Å²) in [6.07, 6.45) is 0. The topological polar surface area (TPSA) is 55.1 Å². The molecule has 4 heteroatoms. The Hall–Kier alpha value is -1.16. The van der Waals surface area contributed by atoms with Crippen molar-refractivity contribution in [2.75, 3.05) is 5.32 Å². The molecule has 0 aliphatic carbocycles. The van der Waals surface area contributed by atoms with E-state index in [-0.39, 0.29) is 13.5 Å². The highest BCUT2D eigenvalue weighted by atomic mass is 32.1. The van der Waals surface area contributed by atoms with Crippen molar-refractivity contribution in [2.45, 2.75) is 0 Å². The Morgan fingerprint density at radius 3 is 2.27 bits per heavy atom. The number of hydrogen-bond donors (Lipinski definition) is 2. The van der Waals surface area contributed by atoms with E-state index in [1.165, 1.54) is 0 Å². The molecule has 1 rings (SSSR count). The smallest absolute Gasteiger partial charge is 0.316 e. The fourth-order valence-electron chi connectivity index (χ4n) is 0.664. The molecular formula is C7H8N2OS. The molecule has 0 saturated heterocycles. The first-order chi connectivity index (χ1) is 4.79. The van der Waals surface area contributed by atoms with E-state index in [4.69, 9.17) is 5.73 Å². The summed E-state index contributed by atoms with van der Waals surface area (Å²) in [5.41, 5.74) is 5.59. The highest BCUT2D eigenvalue weighted by molar-refractivity contribution is 7.59. The van der Waals surface area contributed by atoms with Gasteiger partial charge in [0.2, 0.25) is 0 Å². The maximum atomic E-state index is 10.3. The molecule has 0 atom stereocenters. The van der Waals surface area contributed by atoms with Crippen LogP contribution in [0.2, 0.25) is 0 Å². The van der Waals surface area contributed by atoms with Crippen molar-refractivity contribution < 1.29 is 4.79 Å². The van der Waals surface area contributed by atoms with E-state index < -0.39 is 6.03 Å². The average Bonchev–Trinajstić information content (AvgIpc) is 1.88. The highest BCUT2D eigenvalue weighted by Crippen LogP contribution is 2.03. The van der Waals surface area contributed by atoms with E-state index in [0.717, 1.165) is 5.69 Å². The molecule has 0 aliphatic rings. The number of carbonyl (C=O) groups excluding carboxylic acids is 1. The molecule has 0 aromatic heterocycles. The molecular weight excluding hydrogens is 160 g/mol. The Labute approximate surface area is 72.0 Å². The van der Waals surface area contributed by atoms with E-state index in [0.29, 0.717) is 0 Å². The lowest BCUT2D eigenvalue weighted by molar-refractivity contribution is 0.259. The van der Waals surface area contributed by atoms with Gasteiger partial charge in [0.15, 0.2) is 0 Å². The second-order valence-corrected chi connectivity index (χ2v) is 1.86. The van der Waals surface area contributed by atoms with Gasteiger partial charge < -0.3 is 11.1 Å². The van der Waals surface area contributed by atoms with Crippen molar-refractivity contribution >= 4 is 25.2 Å². The zero-order chi connectivity index (χ0) is 7.40. The number of amides is 2. The van der Waals surface area contributed by atoms with Crippen LogP contribution in [0.4, 0.5) is 10.5 Å². The Morgan fingerprint density at radius 1 is 1.27 bits per heavy atom. The number of hydrogen-bond acceptors (Lipinski definition) is 1. The van der Waals surface area contributed by atoms with Crippen LogP contribution in [0, 0.1) is 0 Å². The summed E-state index contributed by atoms with van der Waals surface area (Å²) in [4.78, 5) is 10.3. The lowest BCUT2D eigenvalue weighted by Gasteiger charge is -1.97. The number of nitrogens with two attached hydrogens (primary N) is 1. The highest BCUT2D eigenvalue weighted by Gasteiger charge is 1.90. The summed E-state index contributed by atoms with van der Waals surface area (Å²) >= 11 is 0. The van der Waals surface area contributed by atoms with Gasteiger partial charge in [-0.15, -0.1) is 0 Å². The number of anilines is 1. The Kier molecular flexibility index (Phi) is 4.14. The number of carbonyl (C=O) groups is 1. The lowest BCUT2D eigenvalue weighted by atomic mass is 10.3. The molecule has 0 fully saturated rings. The maximum absolute atomic E-state index is 10.3. The molecule has 2 amide bonds. The van der Waals surface area contributed by atoms with E-state index in [1.807, 2.05) is 18.2 Å². The largest absolute Gasteiger partial charge is 0.351 e. The molecule has 3 nitrogen and oxygen atoms in total. The summed E-state index contributed by atoms with van der Waals surface area (Å²) in [5.74, 6) is 0. The van der Waals surface area contributed by atoms with Crippen LogP contribution >= 0.6 is 13.5 Å². The van der Waals surface area contributed by atoms with Crippen LogP contribution in [0.5, 0.6) is 0 Å².